The van der Waals surface area contributed by atoms with E-state index in [0.717, 1.165) is 37.2 Å². The fourth-order valence-electron chi connectivity index (χ4n) is 3.76. The third-order valence-corrected chi connectivity index (χ3v) is 5.26. The second kappa shape index (κ2) is 8.99. The minimum absolute atomic E-state index is 0.323. The number of primary amides is 1. The number of nitrogens with one attached hydrogen (secondary N) is 1. The van der Waals surface area contributed by atoms with Crippen LogP contribution in [0.1, 0.15) is 28.8 Å². The fourth-order valence-corrected chi connectivity index (χ4v) is 3.76. The smallest absolute Gasteiger partial charge is 0.248 e. The molecule has 162 valence electrons. The molecule has 8 nitrogen and oxygen atoms in total. The summed E-state index contributed by atoms with van der Waals surface area (Å²) >= 11 is 0. The number of anilines is 2. The first kappa shape index (κ1) is 20.6. The SMILES string of the molecule is COc1cc(/C=C/C(=O)Nc2cc(C(N)=O)ccc2N2CCCC2)cc2c1OCCO2. The van der Waals surface area contributed by atoms with E-state index in [1.54, 1.807) is 37.5 Å². The Hall–Kier alpha value is -3.68. The van der Waals surface area contributed by atoms with Crippen LogP contribution in [-0.2, 0) is 4.79 Å². The van der Waals surface area contributed by atoms with E-state index < -0.39 is 5.91 Å². The number of methoxy groups -OCH3 is 1. The standard InChI is InChI=1S/C23H25N3O5/c1-29-19-12-15(13-20-22(19)31-11-10-30-20)4-7-21(27)25-17-14-16(23(24)28)5-6-18(17)26-8-2-3-9-26/h4-7,12-14H,2-3,8-11H2,1H3,(H2,24,28)(H,25,27)/b7-4+. The molecule has 0 atom stereocenters. The van der Waals surface area contributed by atoms with Crippen LogP contribution >= 0.6 is 0 Å². The summed E-state index contributed by atoms with van der Waals surface area (Å²) in [5.74, 6) is 0.825. The van der Waals surface area contributed by atoms with Crippen LogP contribution in [-0.4, -0.2) is 45.2 Å². The van der Waals surface area contributed by atoms with Crippen LogP contribution in [0, 0.1) is 0 Å². The van der Waals surface area contributed by atoms with Gasteiger partial charge in [-0.2, -0.15) is 0 Å². The number of carbonyl (C=O) groups excluding carboxylic acids is 2. The van der Waals surface area contributed by atoms with Crippen molar-refractivity contribution in [3.05, 3.63) is 47.5 Å². The number of carbonyl (C=O) groups is 2. The second-order valence-electron chi connectivity index (χ2n) is 7.36. The minimum atomic E-state index is -0.539. The quantitative estimate of drug-likeness (QED) is 0.693. The van der Waals surface area contributed by atoms with Gasteiger partial charge in [0.05, 0.1) is 18.5 Å². The third-order valence-electron chi connectivity index (χ3n) is 5.26. The Morgan fingerprint density at radius 1 is 1.13 bits per heavy atom. The van der Waals surface area contributed by atoms with Crippen molar-refractivity contribution in [3.8, 4) is 17.2 Å². The molecular weight excluding hydrogens is 398 g/mol. The summed E-state index contributed by atoms with van der Waals surface area (Å²) in [6.07, 6.45) is 5.28. The first-order valence-corrected chi connectivity index (χ1v) is 10.2. The Bertz CT molecular complexity index is 1010. The molecule has 3 N–H and O–H groups in total. The van der Waals surface area contributed by atoms with Gasteiger partial charge in [0.1, 0.15) is 13.2 Å². The van der Waals surface area contributed by atoms with E-state index in [1.165, 1.54) is 6.08 Å². The highest BCUT2D eigenvalue weighted by Gasteiger charge is 2.19. The van der Waals surface area contributed by atoms with Gasteiger partial charge in [-0.1, -0.05) is 0 Å². The predicted molar refractivity (Wildman–Crippen MR) is 118 cm³/mol. The highest BCUT2D eigenvalue weighted by Crippen LogP contribution is 2.40. The average molecular weight is 423 g/mol. The third kappa shape index (κ3) is 4.58. The molecule has 1 saturated heterocycles. The molecule has 2 heterocycles. The second-order valence-corrected chi connectivity index (χ2v) is 7.36. The zero-order chi connectivity index (χ0) is 21.8. The lowest BCUT2D eigenvalue weighted by Gasteiger charge is -2.22. The van der Waals surface area contributed by atoms with Crippen LogP contribution in [0.4, 0.5) is 11.4 Å². The monoisotopic (exact) mass is 423 g/mol. The number of ether oxygens (including phenoxy) is 3. The van der Waals surface area contributed by atoms with Gasteiger partial charge in [-0.3, -0.25) is 9.59 Å². The molecule has 2 aromatic carbocycles. The van der Waals surface area contributed by atoms with E-state index in [9.17, 15) is 9.59 Å². The van der Waals surface area contributed by atoms with E-state index in [2.05, 4.69) is 10.2 Å². The van der Waals surface area contributed by atoms with Gasteiger partial charge in [0.25, 0.3) is 0 Å². The van der Waals surface area contributed by atoms with Crippen molar-refractivity contribution >= 4 is 29.3 Å². The largest absolute Gasteiger partial charge is 0.493 e. The van der Waals surface area contributed by atoms with Gasteiger partial charge in [0, 0.05) is 24.7 Å². The Morgan fingerprint density at radius 2 is 1.90 bits per heavy atom. The molecule has 2 aliphatic rings. The highest BCUT2D eigenvalue weighted by molar-refractivity contribution is 6.05. The molecule has 31 heavy (non-hydrogen) atoms. The Kier molecular flexibility index (Phi) is 5.97. The Labute approximate surface area is 180 Å². The van der Waals surface area contributed by atoms with Crippen molar-refractivity contribution in [1.29, 1.82) is 0 Å². The molecule has 0 radical (unpaired) electrons. The molecule has 0 spiro atoms. The molecule has 2 aliphatic heterocycles. The summed E-state index contributed by atoms with van der Waals surface area (Å²) in [6, 6.07) is 8.71. The van der Waals surface area contributed by atoms with E-state index in [4.69, 9.17) is 19.9 Å². The number of hydrogen-bond donors (Lipinski definition) is 2. The van der Waals surface area contributed by atoms with Crippen LogP contribution in [0.5, 0.6) is 17.2 Å². The van der Waals surface area contributed by atoms with Crippen molar-refractivity contribution in [2.24, 2.45) is 5.73 Å². The van der Waals surface area contributed by atoms with Gasteiger partial charge in [0.15, 0.2) is 11.5 Å². The van der Waals surface area contributed by atoms with Gasteiger partial charge in [-0.15, -0.1) is 0 Å². The number of hydrogen-bond acceptors (Lipinski definition) is 6. The maximum atomic E-state index is 12.7. The zero-order valence-electron chi connectivity index (χ0n) is 17.3. The van der Waals surface area contributed by atoms with Crippen LogP contribution in [0.2, 0.25) is 0 Å². The molecular formula is C23H25N3O5. The van der Waals surface area contributed by atoms with E-state index in [0.29, 0.717) is 41.7 Å². The summed E-state index contributed by atoms with van der Waals surface area (Å²) in [7, 11) is 1.55. The van der Waals surface area contributed by atoms with Gasteiger partial charge in [0.2, 0.25) is 17.6 Å². The topological polar surface area (TPSA) is 103 Å². The summed E-state index contributed by atoms with van der Waals surface area (Å²) < 4.78 is 16.6. The van der Waals surface area contributed by atoms with E-state index in [-0.39, 0.29) is 5.91 Å². The molecule has 0 unspecified atom stereocenters. The molecule has 0 aliphatic carbocycles. The molecule has 0 saturated carbocycles. The zero-order valence-corrected chi connectivity index (χ0v) is 17.3. The molecule has 0 bridgehead atoms. The van der Waals surface area contributed by atoms with Crippen molar-refractivity contribution < 1.29 is 23.8 Å². The highest BCUT2D eigenvalue weighted by atomic mass is 16.6. The van der Waals surface area contributed by atoms with E-state index in [1.807, 2.05) is 6.07 Å². The lowest BCUT2D eigenvalue weighted by Crippen LogP contribution is -2.21. The lowest BCUT2D eigenvalue weighted by molar-refractivity contribution is -0.111. The van der Waals surface area contributed by atoms with Gasteiger partial charge in [-0.25, -0.2) is 0 Å². The van der Waals surface area contributed by atoms with Crippen LogP contribution in [0.3, 0.4) is 0 Å². The molecule has 2 amide bonds. The fraction of sp³-hybridized carbons (Fsp3) is 0.304. The maximum Gasteiger partial charge on any atom is 0.248 e. The summed E-state index contributed by atoms with van der Waals surface area (Å²) in [5.41, 5.74) is 7.95. The first-order valence-electron chi connectivity index (χ1n) is 10.2. The molecule has 8 heteroatoms. The van der Waals surface area contributed by atoms with Crippen LogP contribution in [0.25, 0.3) is 6.08 Å². The molecule has 1 fully saturated rings. The van der Waals surface area contributed by atoms with Crippen molar-refractivity contribution in [1.82, 2.24) is 0 Å². The predicted octanol–water partition coefficient (Wildman–Crippen LogP) is 2.82. The number of rotatable bonds is 6. The molecule has 0 aromatic heterocycles. The van der Waals surface area contributed by atoms with Gasteiger partial charge >= 0.3 is 0 Å². The van der Waals surface area contributed by atoms with Crippen molar-refractivity contribution in [2.75, 3.05) is 43.6 Å². The molecule has 2 aromatic rings. The number of nitrogens with two attached hydrogens (primary N) is 1. The summed E-state index contributed by atoms with van der Waals surface area (Å²) in [5, 5.41) is 2.88. The van der Waals surface area contributed by atoms with E-state index >= 15 is 0 Å². The minimum Gasteiger partial charge on any atom is -0.493 e. The number of benzene rings is 2. The Balaban J connectivity index is 1.55. The molecule has 4 rings (SSSR count). The summed E-state index contributed by atoms with van der Waals surface area (Å²) in [4.78, 5) is 26.5. The van der Waals surface area contributed by atoms with Crippen LogP contribution < -0.4 is 30.2 Å². The normalized spacial score (nSPS) is 15.2. The van der Waals surface area contributed by atoms with Crippen LogP contribution in [0.15, 0.2) is 36.4 Å². The Morgan fingerprint density at radius 3 is 2.65 bits per heavy atom. The summed E-state index contributed by atoms with van der Waals surface area (Å²) in [6.45, 7) is 2.74. The average Bonchev–Trinajstić information content (AvgIpc) is 3.31. The lowest BCUT2D eigenvalue weighted by atomic mass is 10.1. The maximum absolute atomic E-state index is 12.7. The number of amides is 2. The number of nitrogens with zero attached hydrogens (tertiary/aromatic N) is 1. The first-order chi connectivity index (χ1) is 15.0. The van der Waals surface area contributed by atoms with Gasteiger partial charge < -0.3 is 30.2 Å². The van der Waals surface area contributed by atoms with Crippen molar-refractivity contribution in [2.45, 2.75) is 12.8 Å². The van der Waals surface area contributed by atoms with Gasteiger partial charge in [-0.05, 0) is 54.8 Å². The number of fused-ring (bicyclic) bond motifs is 1. The van der Waals surface area contributed by atoms with Crippen molar-refractivity contribution in [3.63, 3.8) is 0 Å².